The minimum atomic E-state index is -0.373. The van der Waals surface area contributed by atoms with Gasteiger partial charge in [-0.15, -0.1) is 10.2 Å². The highest BCUT2D eigenvalue weighted by molar-refractivity contribution is 6.04. The van der Waals surface area contributed by atoms with Crippen LogP contribution in [0.5, 0.6) is 0 Å². The van der Waals surface area contributed by atoms with Gasteiger partial charge in [-0.25, -0.2) is 4.39 Å². The SMILES string of the molecule is O=C(Nc1ccc(-c2ccc(N3CCOCC3)nn2)cc1)c1ccc(F)cc1. The molecular formula is C21H19FN4O2. The fourth-order valence-electron chi connectivity index (χ4n) is 2.97. The first-order chi connectivity index (χ1) is 13.7. The molecule has 142 valence electrons. The molecule has 0 atom stereocenters. The van der Waals surface area contributed by atoms with Crippen molar-refractivity contribution in [1.29, 1.82) is 0 Å². The number of benzene rings is 2. The molecule has 0 saturated carbocycles. The van der Waals surface area contributed by atoms with Crippen molar-refractivity contribution in [2.45, 2.75) is 0 Å². The van der Waals surface area contributed by atoms with E-state index in [1.165, 1.54) is 24.3 Å². The van der Waals surface area contributed by atoms with Gasteiger partial charge in [-0.1, -0.05) is 12.1 Å². The predicted molar refractivity (Wildman–Crippen MR) is 105 cm³/mol. The van der Waals surface area contributed by atoms with E-state index < -0.39 is 0 Å². The van der Waals surface area contributed by atoms with Crippen LogP contribution in [0.15, 0.2) is 60.7 Å². The highest BCUT2D eigenvalue weighted by Gasteiger charge is 2.13. The van der Waals surface area contributed by atoms with Crippen molar-refractivity contribution < 1.29 is 13.9 Å². The Labute approximate surface area is 162 Å². The van der Waals surface area contributed by atoms with Crippen LogP contribution in [0.4, 0.5) is 15.9 Å². The Bertz CT molecular complexity index is 938. The first-order valence-corrected chi connectivity index (χ1v) is 9.03. The van der Waals surface area contributed by atoms with Gasteiger partial charge in [-0.05, 0) is 48.5 Å². The van der Waals surface area contributed by atoms with Crippen molar-refractivity contribution in [2.75, 3.05) is 36.5 Å². The summed E-state index contributed by atoms with van der Waals surface area (Å²) in [6.45, 7) is 3.04. The van der Waals surface area contributed by atoms with Crippen LogP contribution in [0, 0.1) is 5.82 Å². The van der Waals surface area contributed by atoms with Crippen LogP contribution in [-0.4, -0.2) is 42.4 Å². The third-order valence-corrected chi connectivity index (χ3v) is 4.53. The average molecular weight is 378 g/mol. The Morgan fingerprint density at radius 2 is 1.64 bits per heavy atom. The standard InChI is InChI=1S/C21H19FN4O2/c22-17-5-1-16(2-6-17)21(27)23-18-7-3-15(4-8-18)19-9-10-20(25-24-19)26-11-13-28-14-12-26/h1-10H,11-14H2,(H,23,27). The van der Waals surface area contributed by atoms with E-state index in [1.807, 2.05) is 24.3 Å². The number of carbonyl (C=O) groups is 1. The van der Waals surface area contributed by atoms with Crippen molar-refractivity contribution in [3.63, 3.8) is 0 Å². The summed E-state index contributed by atoms with van der Waals surface area (Å²) in [6.07, 6.45) is 0. The van der Waals surface area contributed by atoms with Gasteiger partial charge in [0.25, 0.3) is 5.91 Å². The minimum Gasteiger partial charge on any atom is -0.378 e. The van der Waals surface area contributed by atoms with Crippen molar-refractivity contribution in [1.82, 2.24) is 10.2 Å². The van der Waals surface area contributed by atoms with Gasteiger partial charge in [-0.2, -0.15) is 0 Å². The molecule has 0 unspecified atom stereocenters. The zero-order chi connectivity index (χ0) is 19.3. The van der Waals surface area contributed by atoms with E-state index in [0.29, 0.717) is 24.5 Å². The molecule has 1 fully saturated rings. The number of hydrogen-bond donors (Lipinski definition) is 1. The summed E-state index contributed by atoms with van der Waals surface area (Å²) < 4.78 is 18.3. The van der Waals surface area contributed by atoms with Crippen LogP contribution >= 0.6 is 0 Å². The predicted octanol–water partition coefficient (Wildman–Crippen LogP) is 3.37. The second kappa shape index (κ2) is 8.14. The largest absolute Gasteiger partial charge is 0.378 e. The van der Waals surface area contributed by atoms with E-state index in [-0.39, 0.29) is 11.7 Å². The van der Waals surface area contributed by atoms with Crippen molar-refractivity contribution in [3.8, 4) is 11.3 Å². The zero-order valence-corrected chi connectivity index (χ0v) is 15.1. The summed E-state index contributed by atoms with van der Waals surface area (Å²) in [7, 11) is 0. The van der Waals surface area contributed by atoms with Crippen LogP contribution in [-0.2, 0) is 4.74 Å². The summed E-state index contributed by atoms with van der Waals surface area (Å²) in [4.78, 5) is 14.3. The highest BCUT2D eigenvalue weighted by atomic mass is 19.1. The van der Waals surface area contributed by atoms with Gasteiger partial charge in [0.05, 0.1) is 18.9 Å². The lowest BCUT2D eigenvalue weighted by Crippen LogP contribution is -2.36. The van der Waals surface area contributed by atoms with Crippen LogP contribution in [0.2, 0.25) is 0 Å². The number of carbonyl (C=O) groups excluding carboxylic acids is 1. The lowest BCUT2D eigenvalue weighted by Gasteiger charge is -2.27. The molecule has 6 nitrogen and oxygen atoms in total. The molecule has 1 aromatic heterocycles. The number of anilines is 2. The molecule has 0 spiro atoms. The molecule has 2 aromatic carbocycles. The number of nitrogens with one attached hydrogen (secondary N) is 1. The Hall–Kier alpha value is -3.32. The number of ether oxygens (including phenoxy) is 1. The van der Waals surface area contributed by atoms with Crippen LogP contribution in [0.1, 0.15) is 10.4 Å². The Morgan fingerprint density at radius 3 is 2.29 bits per heavy atom. The Balaban J connectivity index is 1.42. The topological polar surface area (TPSA) is 67.4 Å². The van der Waals surface area contributed by atoms with E-state index in [1.54, 1.807) is 12.1 Å². The second-order valence-electron chi connectivity index (χ2n) is 6.41. The molecule has 1 amide bonds. The van der Waals surface area contributed by atoms with E-state index in [4.69, 9.17) is 4.74 Å². The minimum absolute atomic E-state index is 0.289. The molecule has 4 rings (SSSR count). The number of morpholine rings is 1. The van der Waals surface area contributed by atoms with Crippen LogP contribution in [0.3, 0.4) is 0 Å². The van der Waals surface area contributed by atoms with Crippen molar-refractivity contribution >= 4 is 17.4 Å². The summed E-state index contributed by atoms with van der Waals surface area (Å²) >= 11 is 0. The molecule has 2 heterocycles. The normalized spacial score (nSPS) is 14.0. The summed E-state index contributed by atoms with van der Waals surface area (Å²) in [5.41, 5.74) is 2.71. The maximum absolute atomic E-state index is 13.0. The van der Waals surface area contributed by atoms with Crippen LogP contribution in [0.25, 0.3) is 11.3 Å². The van der Waals surface area contributed by atoms with Gasteiger partial charge in [0.2, 0.25) is 0 Å². The highest BCUT2D eigenvalue weighted by Crippen LogP contribution is 2.21. The molecule has 3 aromatic rings. The number of halogens is 1. The Kier molecular flexibility index (Phi) is 5.25. The number of amides is 1. The fourth-order valence-corrected chi connectivity index (χ4v) is 2.97. The third kappa shape index (κ3) is 4.15. The fraction of sp³-hybridized carbons (Fsp3) is 0.190. The molecule has 1 saturated heterocycles. The summed E-state index contributed by atoms with van der Waals surface area (Å²) in [6, 6.07) is 16.7. The molecule has 1 aliphatic heterocycles. The molecule has 1 N–H and O–H groups in total. The molecule has 7 heteroatoms. The van der Waals surface area contributed by atoms with Gasteiger partial charge >= 0.3 is 0 Å². The second-order valence-corrected chi connectivity index (χ2v) is 6.41. The van der Waals surface area contributed by atoms with Gasteiger partial charge < -0.3 is 15.0 Å². The first-order valence-electron chi connectivity index (χ1n) is 9.03. The quantitative estimate of drug-likeness (QED) is 0.754. The van der Waals surface area contributed by atoms with E-state index >= 15 is 0 Å². The molecular weight excluding hydrogens is 359 g/mol. The molecule has 0 bridgehead atoms. The number of nitrogens with zero attached hydrogens (tertiary/aromatic N) is 3. The molecule has 0 radical (unpaired) electrons. The maximum atomic E-state index is 13.0. The van der Waals surface area contributed by atoms with E-state index in [0.717, 1.165) is 30.2 Å². The van der Waals surface area contributed by atoms with Gasteiger partial charge in [-0.3, -0.25) is 4.79 Å². The van der Waals surface area contributed by atoms with Crippen molar-refractivity contribution in [2.24, 2.45) is 0 Å². The number of aromatic nitrogens is 2. The smallest absolute Gasteiger partial charge is 0.255 e. The monoisotopic (exact) mass is 378 g/mol. The van der Waals surface area contributed by atoms with Gasteiger partial charge in [0.1, 0.15) is 5.82 Å². The zero-order valence-electron chi connectivity index (χ0n) is 15.1. The molecule has 1 aliphatic rings. The third-order valence-electron chi connectivity index (χ3n) is 4.53. The van der Waals surface area contributed by atoms with E-state index in [2.05, 4.69) is 20.4 Å². The van der Waals surface area contributed by atoms with E-state index in [9.17, 15) is 9.18 Å². The summed E-state index contributed by atoms with van der Waals surface area (Å²) in [5.74, 6) is 0.180. The molecule has 28 heavy (non-hydrogen) atoms. The average Bonchev–Trinajstić information content (AvgIpc) is 2.75. The van der Waals surface area contributed by atoms with Gasteiger partial charge in [0.15, 0.2) is 5.82 Å². The maximum Gasteiger partial charge on any atom is 0.255 e. The number of hydrogen-bond acceptors (Lipinski definition) is 5. The first kappa shape index (κ1) is 18.1. The molecule has 0 aliphatic carbocycles. The lowest BCUT2D eigenvalue weighted by molar-refractivity contribution is 0.102. The van der Waals surface area contributed by atoms with Gasteiger partial charge in [0, 0.05) is 29.9 Å². The van der Waals surface area contributed by atoms with Crippen LogP contribution < -0.4 is 10.2 Å². The number of rotatable bonds is 4. The Morgan fingerprint density at radius 1 is 0.929 bits per heavy atom. The lowest BCUT2D eigenvalue weighted by atomic mass is 10.1. The van der Waals surface area contributed by atoms with Crippen molar-refractivity contribution in [3.05, 3.63) is 72.0 Å². The summed E-state index contributed by atoms with van der Waals surface area (Å²) in [5, 5.41) is 11.4.